The predicted octanol–water partition coefficient (Wildman–Crippen LogP) is 1.90. The summed E-state index contributed by atoms with van der Waals surface area (Å²) in [5.41, 5.74) is -0.510. The van der Waals surface area contributed by atoms with Crippen molar-refractivity contribution in [2.75, 3.05) is 26.7 Å². The van der Waals surface area contributed by atoms with Gasteiger partial charge in [0.25, 0.3) is 11.6 Å². The Morgan fingerprint density at radius 1 is 1.48 bits per heavy atom. The minimum Gasteiger partial charge on any atom is -0.336 e. The largest absolute Gasteiger partial charge is 0.336 e. The number of hydrogen-bond acceptors (Lipinski definition) is 4. The predicted molar refractivity (Wildman–Crippen MR) is 75.7 cm³/mol. The van der Waals surface area contributed by atoms with Crippen molar-refractivity contribution in [1.29, 1.82) is 0 Å². The Morgan fingerprint density at radius 2 is 2.19 bits per heavy atom. The van der Waals surface area contributed by atoms with Gasteiger partial charge in [-0.2, -0.15) is 0 Å². The molecule has 1 saturated heterocycles. The Bertz CT molecular complexity index is 564. The molecule has 21 heavy (non-hydrogen) atoms. The number of likely N-dealkylation sites (N-methyl/N-ethyl adjacent to an activating group) is 1. The van der Waals surface area contributed by atoms with Crippen LogP contribution in [0.4, 0.5) is 10.1 Å². The second-order valence-corrected chi connectivity index (χ2v) is 5.22. The lowest BCUT2D eigenvalue weighted by molar-refractivity contribution is -0.384. The fourth-order valence-electron chi connectivity index (χ4n) is 2.53. The summed E-state index contributed by atoms with van der Waals surface area (Å²) in [6.45, 7) is 3.74. The van der Waals surface area contributed by atoms with Crippen molar-refractivity contribution in [3.05, 3.63) is 39.7 Å². The first kappa shape index (κ1) is 15.4. The lowest BCUT2D eigenvalue weighted by Gasteiger charge is -2.39. The number of hydrogen-bond donors (Lipinski definition) is 0. The SMILES string of the molecule is CCC1CN(C(=O)c2cc([N+](=O)[O-])ccc2F)CCN1C. The second-order valence-electron chi connectivity index (χ2n) is 5.22. The van der Waals surface area contributed by atoms with Crippen molar-refractivity contribution >= 4 is 11.6 Å². The van der Waals surface area contributed by atoms with Crippen LogP contribution in [0.3, 0.4) is 0 Å². The number of amides is 1. The topological polar surface area (TPSA) is 66.7 Å². The highest BCUT2D eigenvalue weighted by molar-refractivity contribution is 5.95. The minimum absolute atomic E-state index is 0.226. The van der Waals surface area contributed by atoms with Crippen molar-refractivity contribution in [3.63, 3.8) is 0 Å². The molecule has 0 bridgehead atoms. The first-order valence-corrected chi connectivity index (χ1v) is 6.87. The van der Waals surface area contributed by atoms with Crippen LogP contribution >= 0.6 is 0 Å². The maximum absolute atomic E-state index is 13.8. The maximum Gasteiger partial charge on any atom is 0.270 e. The van der Waals surface area contributed by atoms with E-state index in [4.69, 9.17) is 0 Å². The van der Waals surface area contributed by atoms with Gasteiger partial charge in [-0.3, -0.25) is 19.8 Å². The van der Waals surface area contributed by atoms with Gasteiger partial charge in [0, 0.05) is 37.8 Å². The van der Waals surface area contributed by atoms with Gasteiger partial charge < -0.3 is 4.90 Å². The second kappa shape index (κ2) is 6.17. The van der Waals surface area contributed by atoms with Gasteiger partial charge in [-0.25, -0.2) is 4.39 Å². The number of nitrogens with zero attached hydrogens (tertiary/aromatic N) is 3. The molecule has 1 fully saturated rings. The maximum atomic E-state index is 13.8. The van der Waals surface area contributed by atoms with E-state index >= 15 is 0 Å². The molecule has 0 radical (unpaired) electrons. The number of carbonyl (C=O) groups is 1. The van der Waals surface area contributed by atoms with Crippen LogP contribution in [0.5, 0.6) is 0 Å². The van der Waals surface area contributed by atoms with Gasteiger partial charge in [0.15, 0.2) is 0 Å². The van der Waals surface area contributed by atoms with E-state index < -0.39 is 16.6 Å². The average molecular weight is 295 g/mol. The number of non-ortho nitro benzene ring substituents is 1. The van der Waals surface area contributed by atoms with Gasteiger partial charge in [0.2, 0.25) is 0 Å². The molecule has 7 heteroatoms. The molecule has 0 aromatic heterocycles. The number of halogens is 1. The van der Waals surface area contributed by atoms with Crippen LogP contribution < -0.4 is 0 Å². The quantitative estimate of drug-likeness (QED) is 0.631. The number of piperazine rings is 1. The molecule has 1 aliphatic heterocycles. The summed E-state index contributed by atoms with van der Waals surface area (Å²) in [7, 11) is 1.99. The van der Waals surface area contributed by atoms with Crippen molar-refractivity contribution in [2.45, 2.75) is 19.4 Å². The van der Waals surface area contributed by atoms with E-state index in [0.717, 1.165) is 24.6 Å². The molecule has 1 aromatic carbocycles. The summed E-state index contributed by atoms with van der Waals surface area (Å²) in [6, 6.07) is 3.27. The third kappa shape index (κ3) is 3.18. The minimum atomic E-state index is -0.724. The highest BCUT2D eigenvalue weighted by Crippen LogP contribution is 2.20. The first-order valence-electron chi connectivity index (χ1n) is 6.87. The molecule has 1 heterocycles. The molecule has 1 aliphatic rings. The van der Waals surface area contributed by atoms with Gasteiger partial charge in [0.05, 0.1) is 10.5 Å². The smallest absolute Gasteiger partial charge is 0.270 e. The number of rotatable bonds is 3. The van der Waals surface area contributed by atoms with Crippen molar-refractivity contribution < 1.29 is 14.1 Å². The van der Waals surface area contributed by atoms with E-state index in [1.807, 2.05) is 14.0 Å². The third-order valence-electron chi connectivity index (χ3n) is 3.93. The summed E-state index contributed by atoms with van der Waals surface area (Å²) in [4.78, 5) is 26.3. The molecular weight excluding hydrogens is 277 g/mol. The van der Waals surface area contributed by atoms with Crippen molar-refractivity contribution in [1.82, 2.24) is 9.80 Å². The number of benzene rings is 1. The zero-order valence-electron chi connectivity index (χ0n) is 12.1. The molecule has 1 atom stereocenters. The first-order chi connectivity index (χ1) is 9.93. The van der Waals surface area contributed by atoms with Crippen LogP contribution in [0.25, 0.3) is 0 Å². The van der Waals surface area contributed by atoms with Gasteiger partial charge in [-0.1, -0.05) is 6.92 Å². The fraction of sp³-hybridized carbons (Fsp3) is 0.500. The lowest BCUT2D eigenvalue weighted by Crippen LogP contribution is -2.53. The summed E-state index contributed by atoms with van der Waals surface area (Å²) in [5.74, 6) is -1.21. The van der Waals surface area contributed by atoms with Crippen LogP contribution in [0.15, 0.2) is 18.2 Å². The molecule has 2 rings (SSSR count). The van der Waals surface area contributed by atoms with Crippen molar-refractivity contribution in [3.8, 4) is 0 Å². The van der Waals surface area contributed by atoms with Crippen LogP contribution in [-0.2, 0) is 0 Å². The van der Waals surface area contributed by atoms with E-state index in [2.05, 4.69) is 4.90 Å². The van der Waals surface area contributed by atoms with E-state index in [-0.39, 0.29) is 17.3 Å². The van der Waals surface area contributed by atoms with Crippen molar-refractivity contribution in [2.24, 2.45) is 0 Å². The van der Waals surface area contributed by atoms with Gasteiger partial charge in [0.1, 0.15) is 5.82 Å². The highest BCUT2D eigenvalue weighted by atomic mass is 19.1. The van der Waals surface area contributed by atoms with Gasteiger partial charge in [-0.15, -0.1) is 0 Å². The molecule has 0 spiro atoms. The lowest BCUT2D eigenvalue weighted by atomic mass is 10.1. The number of carbonyl (C=O) groups excluding carboxylic acids is 1. The Balaban J connectivity index is 2.24. The molecule has 0 saturated carbocycles. The molecule has 1 amide bonds. The molecular formula is C14H18FN3O3. The Hall–Kier alpha value is -2.02. The Kier molecular flexibility index (Phi) is 4.52. The molecule has 1 unspecified atom stereocenters. The summed E-state index contributed by atoms with van der Waals surface area (Å²) >= 11 is 0. The molecule has 0 aliphatic carbocycles. The number of nitro groups is 1. The Labute approximate surface area is 122 Å². The summed E-state index contributed by atoms with van der Waals surface area (Å²) in [5, 5.41) is 10.8. The zero-order chi connectivity index (χ0) is 15.6. The average Bonchev–Trinajstić information content (AvgIpc) is 2.47. The highest BCUT2D eigenvalue weighted by Gasteiger charge is 2.28. The zero-order valence-corrected chi connectivity index (χ0v) is 12.1. The Morgan fingerprint density at radius 3 is 2.81 bits per heavy atom. The standard InChI is InChI=1S/C14H18FN3O3/c1-3-10-9-17(7-6-16(10)2)14(19)12-8-11(18(20)21)4-5-13(12)15/h4-5,8,10H,3,6-7,9H2,1-2H3. The number of nitro benzene ring substituents is 1. The molecule has 0 N–H and O–H groups in total. The van der Waals surface area contributed by atoms with Crippen LogP contribution in [0.1, 0.15) is 23.7 Å². The van der Waals surface area contributed by atoms with Gasteiger partial charge in [-0.05, 0) is 19.5 Å². The van der Waals surface area contributed by atoms with Crippen LogP contribution in [0, 0.1) is 15.9 Å². The van der Waals surface area contributed by atoms with Gasteiger partial charge >= 0.3 is 0 Å². The molecule has 1 aromatic rings. The summed E-state index contributed by atoms with van der Waals surface area (Å²) < 4.78 is 13.8. The van der Waals surface area contributed by atoms with Crippen LogP contribution in [0.2, 0.25) is 0 Å². The molecule has 6 nitrogen and oxygen atoms in total. The van der Waals surface area contributed by atoms with Crippen LogP contribution in [-0.4, -0.2) is 53.4 Å². The van der Waals surface area contributed by atoms with E-state index in [1.54, 1.807) is 4.90 Å². The summed E-state index contributed by atoms with van der Waals surface area (Å²) in [6.07, 6.45) is 0.887. The fourth-order valence-corrected chi connectivity index (χ4v) is 2.53. The third-order valence-corrected chi connectivity index (χ3v) is 3.93. The molecule has 114 valence electrons. The van der Waals surface area contributed by atoms with E-state index in [9.17, 15) is 19.3 Å². The normalized spacial score (nSPS) is 19.6. The monoisotopic (exact) mass is 295 g/mol. The van der Waals surface area contributed by atoms with E-state index in [1.165, 1.54) is 0 Å². The van der Waals surface area contributed by atoms with E-state index in [0.29, 0.717) is 19.6 Å².